The molecule has 1 aliphatic heterocycles. The third-order valence-electron chi connectivity index (χ3n) is 5.82. The molecule has 0 fully saturated rings. The van der Waals surface area contributed by atoms with Crippen molar-refractivity contribution in [2.75, 3.05) is 18.0 Å². The van der Waals surface area contributed by atoms with Crippen molar-refractivity contribution in [1.82, 2.24) is 14.9 Å². The molecule has 3 heterocycles. The number of para-hydroxylation sites is 3. The SMILES string of the molecule is O=C(NCCc1nc2ccccc2n1CC(=O)N1CCCc2ccccc21)c1ccco1. The van der Waals surface area contributed by atoms with Gasteiger partial charge in [0.2, 0.25) is 5.91 Å². The van der Waals surface area contributed by atoms with Crippen LogP contribution in [0, 0.1) is 0 Å². The first-order valence-electron chi connectivity index (χ1n) is 10.8. The lowest BCUT2D eigenvalue weighted by atomic mass is 10.0. The molecule has 2 aromatic heterocycles. The maximum absolute atomic E-state index is 13.4. The van der Waals surface area contributed by atoms with Gasteiger partial charge >= 0.3 is 0 Å². The van der Waals surface area contributed by atoms with Crippen molar-refractivity contribution in [3.05, 3.63) is 84.1 Å². The normalized spacial score (nSPS) is 13.2. The fraction of sp³-hybridized carbons (Fsp3) is 0.240. The highest BCUT2D eigenvalue weighted by Crippen LogP contribution is 2.27. The Labute approximate surface area is 185 Å². The number of carbonyl (C=O) groups excluding carboxylic acids is 2. The van der Waals surface area contributed by atoms with E-state index >= 15 is 0 Å². The number of hydrogen-bond donors (Lipinski definition) is 1. The van der Waals surface area contributed by atoms with Gasteiger partial charge in [0.05, 0.1) is 17.3 Å². The number of furan rings is 1. The monoisotopic (exact) mass is 428 g/mol. The van der Waals surface area contributed by atoms with Crippen LogP contribution in [0.15, 0.2) is 71.3 Å². The number of nitrogens with zero attached hydrogens (tertiary/aromatic N) is 3. The molecule has 0 aliphatic carbocycles. The number of nitrogens with one attached hydrogen (secondary N) is 1. The summed E-state index contributed by atoms with van der Waals surface area (Å²) < 4.78 is 7.10. The van der Waals surface area contributed by atoms with E-state index in [9.17, 15) is 9.59 Å². The lowest BCUT2D eigenvalue weighted by molar-refractivity contribution is -0.119. The van der Waals surface area contributed by atoms with Crippen LogP contribution in [0.2, 0.25) is 0 Å². The van der Waals surface area contributed by atoms with E-state index in [1.807, 2.05) is 51.9 Å². The number of fused-ring (bicyclic) bond motifs is 2. The summed E-state index contributed by atoms with van der Waals surface area (Å²) in [4.78, 5) is 32.1. The number of carbonyl (C=O) groups is 2. The Morgan fingerprint density at radius 1 is 1.03 bits per heavy atom. The number of amides is 2. The predicted molar refractivity (Wildman–Crippen MR) is 122 cm³/mol. The van der Waals surface area contributed by atoms with E-state index < -0.39 is 0 Å². The van der Waals surface area contributed by atoms with Crippen molar-refractivity contribution in [2.45, 2.75) is 25.8 Å². The fourth-order valence-corrected chi connectivity index (χ4v) is 4.29. The topological polar surface area (TPSA) is 80.4 Å². The van der Waals surface area contributed by atoms with Crippen LogP contribution in [0.4, 0.5) is 5.69 Å². The van der Waals surface area contributed by atoms with Gasteiger partial charge in [-0.25, -0.2) is 4.98 Å². The van der Waals surface area contributed by atoms with E-state index in [1.165, 1.54) is 11.8 Å². The molecule has 0 bridgehead atoms. The lowest BCUT2D eigenvalue weighted by Gasteiger charge is -2.29. The summed E-state index contributed by atoms with van der Waals surface area (Å²) in [7, 11) is 0. The van der Waals surface area contributed by atoms with Crippen molar-refractivity contribution < 1.29 is 14.0 Å². The van der Waals surface area contributed by atoms with Crippen LogP contribution in [0.5, 0.6) is 0 Å². The summed E-state index contributed by atoms with van der Waals surface area (Å²) in [5.74, 6) is 0.821. The summed E-state index contributed by atoms with van der Waals surface area (Å²) in [5.41, 5.74) is 3.97. The second-order valence-electron chi connectivity index (χ2n) is 7.86. The molecule has 0 radical (unpaired) electrons. The number of aromatic nitrogens is 2. The molecule has 1 aliphatic rings. The summed E-state index contributed by atoms with van der Waals surface area (Å²) in [6, 6.07) is 19.2. The highest BCUT2D eigenvalue weighted by molar-refractivity contribution is 5.95. The molecule has 2 amide bonds. The highest BCUT2D eigenvalue weighted by atomic mass is 16.3. The maximum Gasteiger partial charge on any atom is 0.286 e. The third-order valence-corrected chi connectivity index (χ3v) is 5.82. The average Bonchev–Trinajstić information content (AvgIpc) is 3.48. The van der Waals surface area contributed by atoms with Crippen molar-refractivity contribution in [2.24, 2.45) is 0 Å². The first-order valence-corrected chi connectivity index (χ1v) is 10.8. The van der Waals surface area contributed by atoms with Crippen molar-refractivity contribution in [1.29, 1.82) is 0 Å². The number of hydrogen-bond acceptors (Lipinski definition) is 4. The molecular formula is C25H24N4O3. The van der Waals surface area contributed by atoms with E-state index in [2.05, 4.69) is 11.4 Å². The molecule has 1 N–H and O–H groups in total. The zero-order valence-electron chi connectivity index (χ0n) is 17.7. The summed E-state index contributed by atoms with van der Waals surface area (Å²) in [5, 5.41) is 2.85. The largest absolute Gasteiger partial charge is 0.459 e. The van der Waals surface area contributed by atoms with Gasteiger partial charge in [-0.2, -0.15) is 0 Å². The van der Waals surface area contributed by atoms with Crippen LogP contribution in [-0.2, 0) is 24.2 Å². The van der Waals surface area contributed by atoms with Gasteiger partial charge in [-0.15, -0.1) is 0 Å². The van der Waals surface area contributed by atoms with E-state index in [0.717, 1.165) is 41.9 Å². The molecule has 7 heteroatoms. The highest BCUT2D eigenvalue weighted by Gasteiger charge is 2.24. The number of anilines is 1. The molecule has 32 heavy (non-hydrogen) atoms. The average molecular weight is 428 g/mol. The van der Waals surface area contributed by atoms with Gasteiger partial charge in [0.15, 0.2) is 5.76 Å². The second-order valence-corrected chi connectivity index (χ2v) is 7.86. The Kier molecular flexibility index (Phi) is 5.46. The third kappa shape index (κ3) is 3.89. The van der Waals surface area contributed by atoms with Crippen LogP contribution in [0.3, 0.4) is 0 Å². The number of aryl methyl sites for hydroxylation is 1. The Bertz CT molecular complexity index is 1260. The Balaban J connectivity index is 1.36. The Hall–Kier alpha value is -3.87. The van der Waals surface area contributed by atoms with E-state index in [-0.39, 0.29) is 24.1 Å². The molecular weight excluding hydrogens is 404 g/mol. The molecule has 162 valence electrons. The zero-order chi connectivity index (χ0) is 21.9. The zero-order valence-corrected chi connectivity index (χ0v) is 17.7. The van der Waals surface area contributed by atoms with Gasteiger partial charge < -0.3 is 19.2 Å². The molecule has 7 nitrogen and oxygen atoms in total. The minimum Gasteiger partial charge on any atom is -0.459 e. The first kappa shape index (κ1) is 20.1. The van der Waals surface area contributed by atoms with Crippen LogP contribution in [0.1, 0.15) is 28.4 Å². The minimum atomic E-state index is -0.265. The fourth-order valence-electron chi connectivity index (χ4n) is 4.29. The number of imidazole rings is 1. The van der Waals surface area contributed by atoms with Crippen molar-refractivity contribution >= 4 is 28.5 Å². The smallest absolute Gasteiger partial charge is 0.286 e. The van der Waals surface area contributed by atoms with E-state index in [0.29, 0.717) is 13.0 Å². The van der Waals surface area contributed by atoms with E-state index in [1.54, 1.807) is 12.1 Å². The first-order chi connectivity index (χ1) is 15.7. The maximum atomic E-state index is 13.4. The lowest BCUT2D eigenvalue weighted by Crippen LogP contribution is -2.38. The number of rotatable bonds is 6. The van der Waals surface area contributed by atoms with Gasteiger partial charge in [0, 0.05) is 25.2 Å². The molecule has 0 spiro atoms. The van der Waals surface area contributed by atoms with Gasteiger partial charge in [0.1, 0.15) is 12.4 Å². The summed E-state index contributed by atoms with van der Waals surface area (Å²) in [6.45, 7) is 1.32. The molecule has 2 aromatic carbocycles. The minimum absolute atomic E-state index is 0.0428. The van der Waals surface area contributed by atoms with Crippen LogP contribution < -0.4 is 10.2 Å². The molecule has 0 saturated carbocycles. The van der Waals surface area contributed by atoms with E-state index in [4.69, 9.17) is 9.40 Å². The van der Waals surface area contributed by atoms with Crippen LogP contribution in [-0.4, -0.2) is 34.5 Å². The Morgan fingerprint density at radius 3 is 2.75 bits per heavy atom. The summed E-state index contributed by atoms with van der Waals surface area (Å²) >= 11 is 0. The molecule has 0 atom stereocenters. The summed E-state index contributed by atoms with van der Waals surface area (Å²) in [6.07, 6.45) is 3.93. The molecule has 4 aromatic rings. The van der Waals surface area contributed by atoms with Crippen molar-refractivity contribution in [3.63, 3.8) is 0 Å². The van der Waals surface area contributed by atoms with Gasteiger partial charge in [-0.3, -0.25) is 9.59 Å². The van der Waals surface area contributed by atoms with Crippen LogP contribution >= 0.6 is 0 Å². The Morgan fingerprint density at radius 2 is 1.88 bits per heavy atom. The molecule has 0 unspecified atom stereocenters. The number of benzene rings is 2. The second kappa shape index (κ2) is 8.70. The molecule has 5 rings (SSSR count). The predicted octanol–water partition coefficient (Wildman–Crippen LogP) is 3.58. The van der Waals surface area contributed by atoms with Crippen LogP contribution in [0.25, 0.3) is 11.0 Å². The quantitative estimate of drug-likeness (QED) is 0.509. The molecule has 0 saturated heterocycles. The van der Waals surface area contributed by atoms with Gasteiger partial charge in [-0.05, 0) is 48.7 Å². The van der Waals surface area contributed by atoms with Gasteiger partial charge in [-0.1, -0.05) is 30.3 Å². The van der Waals surface area contributed by atoms with Crippen molar-refractivity contribution in [3.8, 4) is 0 Å². The standard InChI is InChI=1S/C25H24N4O3/c30-24(28-15-5-8-18-7-1-3-10-20(18)28)17-29-21-11-4-2-9-19(21)27-23(29)13-14-26-25(31)22-12-6-16-32-22/h1-4,6-7,9-12,16H,5,8,13-15,17H2,(H,26,31). The van der Waals surface area contributed by atoms with Gasteiger partial charge in [0.25, 0.3) is 5.91 Å².